The second kappa shape index (κ2) is 7.79. The van der Waals surface area contributed by atoms with Crippen LogP contribution in [0.2, 0.25) is 0 Å². The van der Waals surface area contributed by atoms with Gasteiger partial charge in [-0.25, -0.2) is 4.39 Å². The summed E-state index contributed by atoms with van der Waals surface area (Å²) in [6, 6.07) is 4.52. The first-order valence-electron chi connectivity index (χ1n) is 8.25. The second-order valence-corrected chi connectivity index (χ2v) is 5.84. The number of anilines is 1. The molecule has 2 heterocycles. The van der Waals surface area contributed by atoms with Crippen molar-refractivity contribution in [2.45, 2.75) is 19.3 Å². The van der Waals surface area contributed by atoms with Crippen molar-refractivity contribution < 1.29 is 23.8 Å². The molecule has 1 amide bonds. The van der Waals surface area contributed by atoms with Crippen molar-refractivity contribution in [3.05, 3.63) is 47.0 Å². The maximum absolute atomic E-state index is 14.4. The number of hydrogen-bond acceptors (Lipinski definition) is 3. The van der Waals surface area contributed by atoms with Gasteiger partial charge in [0.05, 0.1) is 24.8 Å². The molecule has 1 aliphatic heterocycles. The molecule has 0 bridgehead atoms. The minimum absolute atomic E-state index is 0.0693. The molecule has 1 aromatic carbocycles. The van der Waals surface area contributed by atoms with Crippen LogP contribution < -0.4 is 10.1 Å². The average Bonchev–Trinajstić information content (AvgIpc) is 3.21. The number of methoxy groups -OCH3 is 1. The van der Waals surface area contributed by atoms with Gasteiger partial charge in [-0.3, -0.25) is 9.59 Å². The summed E-state index contributed by atoms with van der Waals surface area (Å²) in [5.41, 5.74) is 2.18. The fourth-order valence-electron chi connectivity index (χ4n) is 2.86. The molecule has 3 N–H and O–H groups in total. The number of carbonyl (C=O) groups excluding carboxylic acids is 1. The largest absolute Gasteiger partial charge is 0.495 e. The molecule has 138 valence electrons. The van der Waals surface area contributed by atoms with E-state index in [0.29, 0.717) is 33.8 Å². The van der Waals surface area contributed by atoms with E-state index >= 15 is 0 Å². The third-order valence-corrected chi connectivity index (χ3v) is 4.12. The van der Waals surface area contributed by atoms with Crippen molar-refractivity contribution >= 4 is 29.2 Å². The van der Waals surface area contributed by atoms with E-state index in [1.165, 1.54) is 19.2 Å². The van der Waals surface area contributed by atoms with Crippen LogP contribution in [0.25, 0.3) is 11.6 Å². The van der Waals surface area contributed by atoms with E-state index in [-0.39, 0.29) is 25.2 Å². The Morgan fingerprint density at radius 1 is 1.33 bits per heavy atom. The lowest BCUT2D eigenvalue weighted by molar-refractivity contribution is -0.136. The van der Waals surface area contributed by atoms with Crippen LogP contribution in [0.5, 0.6) is 5.75 Å². The lowest BCUT2D eigenvalue weighted by Gasteiger charge is -2.07. The Balaban J connectivity index is 1.98. The maximum atomic E-state index is 14.4. The lowest BCUT2D eigenvalue weighted by atomic mass is 9.97. The zero-order chi connectivity index (χ0) is 19.4. The first-order valence-corrected chi connectivity index (χ1v) is 8.25. The molecule has 0 radical (unpaired) electrons. The molecule has 0 spiro atoms. The molecule has 7 heteroatoms. The normalized spacial score (nSPS) is 13.7. The van der Waals surface area contributed by atoms with Crippen LogP contribution >= 0.6 is 0 Å². The van der Waals surface area contributed by atoms with Crippen LogP contribution in [0.15, 0.2) is 24.4 Å². The van der Waals surface area contributed by atoms with Crippen LogP contribution in [0.3, 0.4) is 0 Å². The van der Waals surface area contributed by atoms with E-state index in [1.54, 1.807) is 18.3 Å². The highest BCUT2D eigenvalue weighted by Gasteiger charge is 2.28. The quantitative estimate of drug-likeness (QED) is 0.559. The number of amides is 1. The van der Waals surface area contributed by atoms with Crippen LogP contribution in [-0.2, 0) is 16.0 Å². The maximum Gasteiger partial charge on any atom is 0.304 e. The molecule has 0 fully saturated rings. The van der Waals surface area contributed by atoms with Gasteiger partial charge in [0.1, 0.15) is 11.6 Å². The van der Waals surface area contributed by atoms with Gasteiger partial charge in [-0.05, 0) is 24.3 Å². The third-order valence-electron chi connectivity index (χ3n) is 4.12. The highest BCUT2D eigenvalue weighted by molar-refractivity contribution is 6.35. The van der Waals surface area contributed by atoms with Gasteiger partial charge in [0, 0.05) is 35.9 Å². The van der Waals surface area contributed by atoms with Gasteiger partial charge >= 0.3 is 5.97 Å². The van der Waals surface area contributed by atoms with Crippen LogP contribution in [0.1, 0.15) is 29.7 Å². The number of carbonyl (C=O) groups is 2. The molecule has 0 unspecified atom stereocenters. The predicted octanol–water partition coefficient (Wildman–Crippen LogP) is 3.07. The molecule has 6 nitrogen and oxygen atoms in total. The van der Waals surface area contributed by atoms with E-state index in [1.807, 2.05) is 0 Å². The molecule has 3 rings (SSSR count). The van der Waals surface area contributed by atoms with Crippen molar-refractivity contribution in [2.75, 3.05) is 12.4 Å². The minimum Gasteiger partial charge on any atom is -0.495 e. The Hall–Kier alpha value is -3.53. The van der Waals surface area contributed by atoms with Gasteiger partial charge in [-0.1, -0.05) is 5.92 Å². The number of benzene rings is 1. The van der Waals surface area contributed by atoms with Crippen LogP contribution in [-0.4, -0.2) is 29.1 Å². The highest BCUT2D eigenvalue weighted by atomic mass is 19.1. The molecule has 0 atom stereocenters. The SMILES string of the molecule is COc1cc[nH]c1/C=C1\C(=O)Nc2ccc(F)c(CC#CCCC(=O)O)c21. The van der Waals surface area contributed by atoms with Crippen LogP contribution in [0.4, 0.5) is 10.1 Å². The van der Waals surface area contributed by atoms with Crippen molar-refractivity contribution in [2.24, 2.45) is 0 Å². The number of carboxylic acid groups (broad SMARTS) is 1. The summed E-state index contributed by atoms with van der Waals surface area (Å²) in [6.07, 6.45) is 3.48. The molecule has 1 aromatic heterocycles. The Bertz CT molecular complexity index is 995. The molecule has 0 saturated heterocycles. The van der Waals surface area contributed by atoms with Gasteiger partial charge in [-0.2, -0.15) is 0 Å². The number of aliphatic carboxylic acids is 1. The standard InChI is InChI=1S/C20H17FN2O4/c1-27-17-9-10-22-16(17)11-13-19-12(5-3-2-4-6-18(24)25)14(21)7-8-15(19)23-20(13)26/h7-11,22H,4-6H2,1H3,(H,23,26)(H,24,25)/b13-11-. The fourth-order valence-corrected chi connectivity index (χ4v) is 2.86. The summed E-state index contributed by atoms with van der Waals surface area (Å²) >= 11 is 0. The van der Waals surface area contributed by atoms with Crippen molar-refractivity contribution in [3.8, 4) is 17.6 Å². The number of H-pyrrole nitrogens is 1. The first kappa shape index (κ1) is 18.3. The molecular weight excluding hydrogens is 351 g/mol. The number of aromatic nitrogens is 1. The van der Waals surface area contributed by atoms with Gasteiger partial charge < -0.3 is 20.1 Å². The summed E-state index contributed by atoms with van der Waals surface area (Å²) < 4.78 is 19.7. The third kappa shape index (κ3) is 3.85. The topological polar surface area (TPSA) is 91.4 Å². The van der Waals surface area contributed by atoms with Crippen molar-refractivity contribution in [3.63, 3.8) is 0 Å². The first-order chi connectivity index (χ1) is 13.0. The lowest BCUT2D eigenvalue weighted by Crippen LogP contribution is -2.03. The smallest absolute Gasteiger partial charge is 0.304 e. The van der Waals surface area contributed by atoms with E-state index < -0.39 is 11.8 Å². The van der Waals surface area contributed by atoms with Gasteiger partial charge in [0.25, 0.3) is 5.91 Å². The van der Waals surface area contributed by atoms with E-state index in [4.69, 9.17) is 9.84 Å². The Kier molecular flexibility index (Phi) is 5.27. The summed E-state index contributed by atoms with van der Waals surface area (Å²) in [5, 5.41) is 11.4. The van der Waals surface area contributed by atoms with E-state index in [0.717, 1.165) is 0 Å². The molecular formula is C20H17FN2O4. The minimum atomic E-state index is -0.934. The molecule has 2 aromatic rings. The second-order valence-electron chi connectivity index (χ2n) is 5.84. The number of fused-ring (bicyclic) bond motifs is 1. The number of hydrogen-bond donors (Lipinski definition) is 3. The number of ether oxygens (including phenoxy) is 1. The zero-order valence-corrected chi connectivity index (χ0v) is 14.6. The monoisotopic (exact) mass is 368 g/mol. The number of aromatic amines is 1. The number of carboxylic acids is 1. The van der Waals surface area contributed by atoms with E-state index in [9.17, 15) is 14.0 Å². The van der Waals surface area contributed by atoms with Crippen LogP contribution in [0, 0.1) is 17.7 Å². The summed E-state index contributed by atoms with van der Waals surface area (Å²) in [5.74, 6) is 4.34. The van der Waals surface area contributed by atoms with Crippen molar-refractivity contribution in [1.29, 1.82) is 0 Å². The van der Waals surface area contributed by atoms with Crippen molar-refractivity contribution in [1.82, 2.24) is 4.98 Å². The Morgan fingerprint density at radius 3 is 2.89 bits per heavy atom. The predicted molar refractivity (Wildman–Crippen MR) is 98.6 cm³/mol. The number of halogens is 1. The summed E-state index contributed by atoms with van der Waals surface area (Å²) in [4.78, 5) is 25.9. The van der Waals surface area contributed by atoms with E-state index in [2.05, 4.69) is 22.1 Å². The highest BCUT2D eigenvalue weighted by Crippen LogP contribution is 2.38. The number of rotatable bonds is 5. The Labute approximate surface area is 155 Å². The fraction of sp³-hybridized carbons (Fsp3) is 0.200. The van der Waals surface area contributed by atoms with Gasteiger partial charge in [0.2, 0.25) is 0 Å². The molecule has 0 saturated carbocycles. The Morgan fingerprint density at radius 2 is 2.15 bits per heavy atom. The zero-order valence-electron chi connectivity index (χ0n) is 14.6. The molecule has 1 aliphatic rings. The summed E-state index contributed by atoms with van der Waals surface area (Å²) in [7, 11) is 1.52. The number of nitrogens with one attached hydrogen (secondary N) is 2. The van der Waals surface area contributed by atoms with Gasteiger partial charge in [-0.15, -0.1) is 5.92 Å². The molecule has 0 aliphatic carbocycles. The summed E-state index contributed by atoms with van der Waals surface area (Å²) in [6.45, 7) is 0. The molecule has 27 heavy (non-hydrogen) atoms. The van der Waals surface area contributed by atoms with Gasteiger partial charge in [0.15, 0.2) is 0 Å². The average molecular weight is 368 g/mol.